The van der Waals surface area contributed by atoms with Gasteiger partial charge in [-0.25, -0.2) is 4.98 Å². The van der Waals surface area contributed by atoms with Crippen molar-refractivity contribution in [3.63, 3.8) is 0 Å². The van der Waals surface area contributed by atoms with Crippen molar-refractivity contribution in [1.29, 1.82) is 0 Å². The van der Waals surface area contributed by atoms with Gasteiger partial charge in [-0.2, -0.15) is 13.2 Å². The van der Waals surface area contributed by atoms with Gasteiger partial charge in [0.2, 0.25) is 0 Å². The first-order chi connectivity index (χ1) is 16.7. The second-order valence-corrected chi connectivity index (χ2v) is 8.03. The van der Waals surface area contributed by atoms with Crippen molar-refractivity contribution in [3.8, 4) is 0 Å². The summed E-state index contributed by atoms with van der Waals surface area (Å²) in [5, 5.41) is 0.444. The van der Waals surface area contributed by atoms with Gasteiger partial charge in [0.25, 0.3) is 11.5 Å². The summed E-state index contributed by atoms with van der Waals surface area (Å²) in [4.78, 5) is 32.9. The van der Waals surface area contributed by atoms with E-state index in [1.807, 2.05) is 0 Å². The van der Waals surface area contributed by atoms with Crippen LogP contribution in [0.5, 0.6) is 0 Å². The number of fused-ring (bicyclic) bond motifs is 1. The SMILES string of the molecule is COCCCN(C(=O)c1ccc(C(F)(F)F)cc1)C(C)c1nc2ccccc2c(=O)n1CCOC. The van der Waals surface area contributed by atoms with Crippen LogP contribution in [0, 0.1) is 0 Å². The lowest BCUT2D eigenvalue weighted by molar-refractivity contribution is -0.137. The Morgan fingerprint density at radius 1 is 1.06 bits per heavy atom. The van der Waals surface area contributed by atoms with Crippen molar-refractivity contribution < 1.29 is 27.4 Å². The third-order valence-corrected chi connectivity index (χ3v) is 5.72. The molecule has 0 saturated carbocycles. The number of hydrogen-bond acceptors (Lipinski definition) is 5. The van der Waals surface area contributed by atoms with E-state index in [4.69, 9.17) is 14.5 Å². The highest BCUT2D eigenvalue weighted by molar-refractivity contribution is 5.94. The molecule has 0 saturated heterocycles. The summed E-state index contributed by atoms with van der Waals surface area (Å²) in [6.07, 6.45) is -4.01. The number of aromatic nitrogens is 2. The smallest absolute Gasteiger partial charge is 0.385 e. The highest BCUT2D eigenvalue weighted by Gasteiger charge is 2.31. The van der Waals surface area contributed by atoms with E-state index in [1.165, 1.54) is 16.6 Å². The van der Waals surface area contributed by atoms with Crippen LogP contribution < -0.4 is 5.56 Å². The first-order valence-electron chi connectivity index (χ1n) is 11.1. The van der Waals surface area contributed by atoms with Crippen LogP contribution in [-0.2, 0) is 22.2 Å². The van der Waals surface area contributed by atoms with Gasteiger partial charge in [0, 0.05) is 32.9 Å². The summed E-state index contributed by atoms with van der Waals surface area (Å²) in [5.74, 6) is -0.105. The second-order valence-electron chi connectivity index (χ2n) is 8.03. The van der Waals surface area contributed by atoms with Crippen molar-refractivity contribution in [2.24, 2.45) is 0 Å². The molecule has 1 amide bonds. The van der Waals surface area contributed by atoms with Crippen LogP contribution in [-0.4, -0.2) is 54.3 Å². The summed E-state index contributed by atoms with van der Waals surface area (Å²) in [7, 11) is 3.06. The number of nitrogens with zero attached hydrogens (tertiary/aromatic N) is 3. The van der Waals surface area contributed by atoms with Crippen LogP contribution in [0.2, 0.25) is 0 Å². The van der Waals surface area contributed by atoms with Gasteiger partial charge in [-0.3, -0.25) is 14.2 Å². The molecule has 1 aromatic heterocycles. The van der Waals surface area contributed by atoms with Crippen molar-refractivity contribution >= 4 is 16.8 Å². The minimum Gasteiger partial charge on any atom is -0.385 e. The number of hydrogen-bond donors (Lipinski definition) is 0. The van der Waals surface area contributed by atoms with Crippen LogP contribution in [0.25, 0.3) is 10.9 Å². The Hall–Kier alpha value is -3.24. The first-order valence-corrected chi connectivity index (χ1v) is 11.1. The second kappa shape index (κ2) is 11.5. The Kier molecular flexibility index (Phi) is 8.63. The number of alkyl halides is 3. The number of carbonyl (C=O) groups excluding carboxylic acids is 1. The zero-order valence-electron chi connectivity index (χ0n) is 19.8. The highest BCUT2D eigenvalue weighted by atomic mass is 19.4. The van der Waals surface area contributed by atoms with Gasteiger partial charge in [0.15, 0.2) is 0 Å². The molecule has 0 aliphatic heterocycles. The quantitative estimate of drug-likeness (QED) is 0.396. The molecule has 0 spiro atoms. The molecule has 0 N–H and O–H groups in total. The van der Waals surface area contributed by atoms with Crippen molar-refractivity contribution in [2.45, 2.75) is 32.1 Å². The average Bonchev–Trinajstić information content (AvgIpc) is 2.85. The van der Waals surface area contributed by atoms with E-state index >= 15 is 0 Å². The van der Waals surface area contributed by atoms with Crippen molar-refractivity contribution in [3.05, 3.63) is 75.8 Å². The molecule has 7 nitrogen and oxygen atoms in total. The van der Waals surface area contributed by atoms with E-state index < -0.39 is 23.7 Å². The maximum absolute atomic E-state index is 13.5. The lowest BCUT2D eigenvalue weighted by atomic mass is 10.1. The fraction of sp³-hybridized carbons (Fsp3) is 0.400. The molecular formula is C25H28F3N3O4. The van der Waals surface area contributed by atoms with Gasteiger partial charge in [0.05, 0.1) is 35.7 Å². The number of amides is 1. The van der Waals surface area contributed by atoms with Crippen LogP contribution in [0.3, 0.4) is 0 Å². The Bertz CT molecular complexity index is 1210. The Morgan fingerprint density at radius 3 is 2.34 bits per heavy atom. The predicted octanol–water partition coefficient (Wildman–Crippen LogP) is 4.30. The highest BCUT2D eigenvalue weighted by Crippen LogP contribution is 2.30. The van der Waals surface area contributed by atoms with Crippen LogP contribution >= 0.6 is 0 Å². The van der Waals surface area contributed by atoms with Gasteiger partial charge < -0.3 is 14.4 Å². The number of carbonyl (C=O) groups is 1. The molecule has 0 radical (unpaired) electrons. The average molecular weight is 492 g/mol. The van der Waals surface area contributed by atoms with Gasteiger partial charge in [-0.05, 0) is 49.7 Å². The number of ether oxygens (including phenoxy) is 2. The number of para-hydroxylation sites is 1. The van der Waals surface area contributed by atoms with Crippen molar-refractivity contribution in [1.82, 2.24) is 14.5 Å². The lowest BCUT2D eigenvalue weighted by Gasteiger charge is -2.31. The molecule has 1 unspecified atom stereocenters. The van der Waals surface area contributed by atoms with Gasteiger partial charge >= 0.3 is 6.18 Å². The van der Waals surface area contributed by atoms with Crippen molar-refractivity contribution in [2.75, 3.05) is 34.0 Å². The summed E-state index contributed by atoms with van der Waals surface area (Å²) in [6.45, 7) is 2.87. The molecule has 1 atom stereocenters. The molecule has 10 heteroatoms. The maximum atomic E-state index is 13.5. The largest absolute Gasteiger partial charge is 0.416 e. The normalized spacial score (nSPS) is 12.6. The molecule has 0 bridgehead atoms. The lowest BCUT2D eigenvalue weighted by Crippen LogP contribution is -2.39. The van der Waals surface area contributed by atoms with Crippen LogP contribution in [0.15, 0.2) is 53.3 Å². The third kappa shape index (κ3) is 6.07. The first kappa shape index (κ1) is 26.4. The molecular weight excluding hydrogens is 463 g/mol. The molecule has 0 aliphatic rings. The van der Waals surface area contributed by atoms with Gasteiger partial charge in [-0.15, -0.1) is 0 Å². The molecule has 188 valence electrons. The van der Waals surface area contributed by atoms with Crippen LogP contribution in [0.4, 0.5) is 13.2 Å². The number of methoxy groups -OCH3 is 2. The molecule has 0 aliphatic carbocycles. The molecule has 2 aromatic carbocycles. The van der Waals surface area contributed by atoms with Crippen LogP contribution in [0.1, 0.15) is 41.1 Å². The zero-order valence-corrected chi connectivity index (χ0v) is 19.8. The minimum atomic E-state index is -4.50. The standard InChI is InChI=1S/C25H28F3N3O4/c1-17(22-29-21-8-5-4-7-20(21)24(33)31(22)14-16-35-3)30(13-6-15-34-2)23(32)18-9-11-19(12-10-18)25(26,27)28/h4-5,7-12,17H,6,13-16H2,1-3H3. The zero-order chi connectivity index (χ0) is 25.6. The minimum absolute atomic E-state index is 0.105. The van der Waals surface area contributed by atoms with Gasteiger partial charge in [0.1, 0.15) is 5.82 Å². The molecule has 0 fully saturated rings. The summed E-state index contributed by atoms with van der Waals surface area (Å²) in [6, 6.07) is 10.4. The summed E-state index contributed by atoms with van der Waals surface area (Å²) in [5.41, 5.74) is -0.494. The molecule has 1 heterocycles. The van der Waals surface area contributed by atoms with E-state index in [2.05, 4.69) is 0 Å². The van der Waals surface area contributed by atoms with E-state index in [0.29, 0.717) is 29.8 Å². The third-order valence-electron chi connectivity index (χ3n) is 5.72. The Balaban J connectivity index is 2.05. The summed E-state index contributed by atoms with van der Waals surface area (Å²) < 4.78 is 50.7. The number of benzene rings is 2. The topological polar surface area (TPSA) is 73.7 Å². The fourth-order valence-electron chi connectivity index (χ4n) is 3.86. The Labute approximate surface area is 201 Å². The van der Waals surface area contributed by atoms with E-state index in [0.717, 1.165) is 24.3 Å². The fourth-order valence-corrected chi connectivity index (χ4v) is 3.86. The van der Waals surface area contributed by atoms with E-state index in [-0.39, 0.29) is 30.8 Å². The molecule has 35 heavy (non-hydrogen) atoms. The summed E-state index contributed by atoms with van der Waals surface area (Å²) >= 11 is 0. The monoisotopic (exact) mass is 491 g/mol. The number of halogens is 3. The Morgan fingerprint density at radius 2 is 1.71 bits per heavy atom. The number of rotatable bonds is 10. The van der Waals surface area contributed by atoms with E-state index in [9.17, 15) is 22.8 Å². The van der Waals surface area contributed by atoms with E-state index in [1.54, 1.807) is 38.3 Å². The predicted molar refractivity (Wildman–Crippen MR) is 125 cm³/mol. The van der Waals surface area contributed by atoms with Gasteiger partial charge in [-0.1, -0.05) is 12.1 Å². The molecule has 3 rings (SSSR count). The maximum Gasteiger partial charge on any atom is 0.416 e. The molecule has 3 aromatic rings.